The highest BCUT2D eigenvalue weighted by Gasteiger charge is 2.08. The summed E-state index contributed by atoms with van der Waals surface area (Å²) in [4.78, 5) is 4.51. The van der Waals surface area contributed by atoms with Gasteiger partial charge in [-0.25, -0.2) is 4.98 Å². The number of rotatable bonds is 3. The van der Waals surface area contributed by atoms with Crippen molar-refractivity contribution in [1.29, 1.82) is 0 Å². The van der Waals surface area contributed by atoms with E-state index in [2.05, 4.69) is 10.3 Å². The Hall–Kier alpha value is -1.97. The van der Waals surface area contributed by atoms with Gasteiger partial charge < -0.3 is 5.32 Å². The molecule has 0 aliphatic carbocycles. The molecular formula is C16H13Cl2N3. The second kappa shape index (κ2) is 5.80. The van der Waals surface area contributed by atoms with E-state index in [1.807, 2.05) is 60.2 Å². The van der Waals surface area contributed by atoms with Crippen LogP contribution >= 0.6 is 23.2 Å². The molecule has 1 heterocycles. The lowest BCUT2D eigenvalue weighted by Gasteiger charge is -2.10. The van der Waals surface area contributed by atoms with E-state index in [0.29, 0.717) is 10.0 Å². The van der Waals surface area contributed by atoms with Crippen LogP contribution in [-0.4, -0.2) is 9.55 Å². The maximum absolute atomic E-state index is 6.03. The summed E-state index contributed by atoms with van der Waals surface area (Å²) >= 11 is 12.1. The SMILES string of the molecule is Cc1cn(-c2ccccc2)c(Nc2cc(Cl)cc(Cl)c2)n1. The maximum Gasteiger partial charge on any atom is 0.212 e. The first kappa shape index (κ1) is 14.0. The Balaban J connectivity index is 1.99. The van der Waals surface area contributed by atoms with Gasteiger partial charge in [0.25, 0.3) is 0 Å². The van der Waals surface area contributed by atoms with Crippen molar-refractivity contribution < 1.29 is 0 Å². The molecule has 0 bridgehead atoms. The first-order valence-corrected chi connectivity index (χ1v) is 7.22. The van der Waals surface area contributed by atoms with Gasteiger partial charge in [-0.3, -0.25) is 4.57 Å². The summed E-state index contributed by atoms with van der Waals surface area (Å²) in [5.74, 6) is 0.719. The Bertz CT molecular complexity index is 746. The lowest BCUT2D eigenvalue weighted by Crippen LogP contribution is -2.00. The standard InChI is InChI=1S/C16H13Cl2N3/c1-11-10-21(15-5-3-2-4-6-15)16(19-11)20-14-8-12(17)7-13(18)9-14/h2-10H,1H3,(H,19,20). The smallest absolute Gasteiger partial charge is 0.212 e. The van der Waals surface area contributed by atoms with Gasteiger partial charge in [0.05, 0.1) is 5.69 Å². The molecule has 3 rings (SSSR count). The predicted molar refractivity (Wildman–Crippen MR) is 88.0 cm³/mol. The van der Waals surface area contributed by atoms with Crippen LogP contribution in [0.1, 0.15) is 5.69 Å². The quantitative estimate of drug-likeness (QED) is 0.716. The van der Waals surface area contributed by atoms with Gasteiger partial charge in [-0.05, 0) is 37.3 Å². The first-order valence-electron chi connectivity index (χ1n) is 6.46. The molecule has 3 aromatic rings. The third-order valence-corrected chi connectivity index (χ3v) is 3.42. The molecule has 0 atom stereocenters. The molecule has 0 saturated carbocycles. The zero-order chi connectivity index (χ0) is 14.8. The molecule has 21 heavy (non-hydrogen) atoms. The van der Waals surface area contributed by atoms with Gasteiger partial charge in [-0.15, -0.1) is 0 Å². The Morgan fingerprint density at radius 1 is 1.00 bits per heavy atom. The van der Waals surface area contributed by atoms with Crippen LogP contribution in [0, 0.1) is 6.92 Å². The molecule has 5 heteroatoms. The van der Waals surface area contributed by atoms with Crippen LogP contribution in [0.2, 0.25) is 10.0 Å². The predicted octanol–water partition coefficient (Wildman–Crippen LogP) is 5.23. The second-order valence-electron chi connectivity index (χ2n) is 4.69. The van der Waals surface area contributed by atoms with Gasteiger partial charge in [0.1, 0.15) is 0 Å². The van der Waals surface area contributed by atoms with Crippen molar-refractivity contribution in [3.8, 4) is 5.69 Å². The van der Waals surface area contributed by atoms with Gasteiger partial charge in [0, 0.05) is 27.6 Å². The molecule has 0 aliphatic rings. The summed E-state index contributed by atoms with van der Waals surface area (Å²) in [6.07, 6.45) is 1.98. The zero-order valence-electron chi connectivity index (χ0n) is 11.3. The van der Waals surface area contributed by atoms with Crippen LogP contribution < -0.4 is 5.32 Å². The minimum atomic E-state index is 0.583. The summed E-state index contributed by atoms with van der Waals surface area (Å²) in [6, 6.07) is 15.3. The van der Waals surface area contributed by atoms with E-state index in [0.717, 1.165) is 23.0 Å². The van der Waals surface area contributed by atoms with Crippen LogP contribution in [-0.2, 0) is 0 Å². The van der Waals surface area contributed by atoms with E-state index in [1.54, 1.807) is 6.07 Å². The van der Waals surface area contributed by atoms with E-state index in [1.165, 1.54) is 0 Å². The Kier molecular flexibility index (Phi) is 3.86. The van der Waals surface area contributed by atoms with Crippen molar-refractivity contribution in [1.82, 2.24) is 9.55 Å². The van der Waals surface area contributed by atoms with Crippen LogP contribution in [0.3, 0.4) is 0 Å². The maximum atomic E-state index is 6.03. The number of nitrogens with zero attached hydrogens (tertiary/aromatic N) is 2. The van der Waals surface area contributed by atoms with Crippen LogP contribution in [0.4, 0.5) is 11.6 Å². The molecule has 0 fully saturated rings. The highest BCUT2D eigenvalue weighted by Crippen LogP contribution is 2.26. The summed E-state index contributed by atoms with van der Waals surface area (Å²) in [7, 11) is 0. The van der Waals surface area contributed by atoms with Crippen molar-refractivity contribution in [3.05, 3.63) is 70.5 Å². The number of imidazole rings is 1. The Morgan fingerprint density at radius 2 is 1.67 bits per heavy atom. The van der Waals surface area contributed by atoms with Gasteiger partial charge >= 0.3 is 0 Å². The first-order chi connectivity index (χ1) is 10.1. The van der Waals surface area contributed by atoms with Crippen molar-refractivity contribution in [2.24, 2.45) is 0 Å². The molecule has 0 aliphatic heterocycles. The van der Waals surface area contributed by atoms with Crippen LogP contribution in [0.5, 0.6) is 0 Å². The number of halogens is 2. The van der Waals surface area contributed by atoms with Gasteiger partial charge in [0.15, 0.2) is 0 Å². The number of hydrogen-bond acceptors (Lipinski definition) is 2. The average molecular weight is 318 g/mol. The molecule has 106 valence electrons. The number of anilines is 2. The third kappa shape index (κ3) is 3.20. The van der Waals surface area contributed by atoms with Gasteiger partial charge in [-0.1, -0.05) is 41.4 Å². The van der Waals surface area contributed by atoms with Crippen LogP contribution in [0.25, 0.3) is 5.69 Å². The van der Waals surface area contributed by atoms with E-state index in [-0.39, 0.29) is 0 Å². The molecular weight excluding hydrogens is 305 g/mol. The number of hydrogen-bond donors (Lipinski definition) is 1. The van der Waals surface area contributed by atoms with Gasteiger partial charge in [0.2, 0.25) is 5.95 Å². The number of nitrogens with one attached hydrogen (secondary N) is 1. The Morgan fingerprint density at radius 3 is 2.33 bits per heavy atom. The topological polar surface area (TPSA) is 29.9 Å². The largest absolute Gasteiger partial charge is 0.325 e. The molecule has 3 nitrogen and oxygen atoms in total. The molecule has 2 aromatic carbocycles. The minimum absolute atomic E-state index is 0.583. The van der Waals surface area contributed by atoms with E-state index < -0.39 is 0 Å². The molecule has 0 spiro atoms. The van der Waals surface area contributed by atoms with E-state index in [9.17, 15) is 0 Å². The van der Waals surface area contributed by atoms with Gasteiger partial charge in [-0.2, -0.15) is 0 Å². The van der Waals surface area contributed by atoms with Crippen LogP contribution in [0.15, 0.2) is 54.7 Å². The molecule has 0 radical (unpaired) electrons. The van der Waals surface area contributed by atoms with Crippen molar-refractivity contribution >= 4 is 34.8 Å². The molecule has 1 N–H and O–H groups in total. The zero-order valence-corrected chi connectivity index (χ0v) is 12.9. The van der Waals surface area contributed by atoms with E-state index in [4.69, 9.17) is 23.2 Å². The molecule has 1 aromatic heterocycles. The van der Waals surface area contributed by atoms with Crippen molar-refractivity contribution in [2.75, 3.05) is 5.32 Å². The Labute approximate surface area is 133 Å². The summed E-state index contributed by atoms with van der Waals surface area (Å²) < 4.78 is 1.99. The lowest BCUT2D eigenvalue weighted by molar-refractivity contribution is 1.06. The monoisotopic (exact) mass is 317 g/mol. The number of aromatic nitrogens is 2. The molecule has 0 saturated heterocycles. The lowest BCUT2D eigenvalue weighted by atomic mass is 10.3. The fourth-order valence-corrected chi connectivity index (χ4v) is 2.65. The fourth-order valence-electron chi connectivity index (χ4n) is 2.13. The average Bonchev–Trinajstić information content (AvgIpc) is 2.79. The fraction of sp³-hybridized carbons (Fsp3) is 0.0625. The van der Waals surface area contributed by atoms with Crippen molar-refractivity contribution in [2.45, 2.75) is 6.92 Å². The number of aryl methyl sites for hydroxylation is 1. The minimum Gasteiger partial charge on any atom is -0.325 e. The molecule has 0 unspecified atom stereocenters. The normalized spacial score (nSPS) is 10.6. The highest BCUT2D eigenvalue weighted by atomic mass is 35.5. The third-order valence-electron chi connectivity index (χ3n) is 2.98. The highest BCUT2D eigenvalue weighted by molar-refractivity contribution is 6.35. The number of para-hydroxylation sites is 1. The second-order valence-corrected chi connectivity index (χ2v) is 5.57. The van der Waals surface area contributed by atoms with Crippen molar-refractivity contribution in [3.63, 3.8) is 0 Å². The molecule has 0 amide bonds. The van der Waals surface area contributed by atoms with E-state index >= 15 is 0 Å². The summed E-state index contributed by atoms with van der Waals surface area (Å²) in [6.45, 7) is 1.95. The summed E-state index contributed by atoms with van der Waals surface area (Å²) in [5.41, 5.74) is 2.76. The number of benzene rings is 2. The summed E-state index contributed by atoms with van der Waals surface area (Å²) in [5, 5.41) is 4.42.